The largest absolute Gasteiger partial charge is 0.481 e. The Morgan fingerprint density at radius 3 is 2.96 bits per heavy atom. The molecule has 0 bridgehead atoms. The first kappa shape index (κ1) is 16.9. The fourth-order valence-corrected chi connectivity index (χ4v) is 3.22. The standard InChI is InChI=1S/C17H24N4O3/c1-23-16-3-2-13-17(21-16)14(4-5-19-13)20-10-24-9-11-6-12(8-18)15(22)7-11/h2-5,11-12,15,22H,6-10,18H2,1H3,(H,19,20)/t11-,12+,15+/m0/s1. The minimum atomic E-state index is -0.294. The average Bonchev–Trinajstić information content (AvgIpc) is 2.98. The second-order valence-electron chi connectivity index (χ2n) is 6.17. The summed E-state index contributed by atoms with van der Waals surface area (Å²) in [5.41, 5.74) is 8.06. The third-order valence-corrected chi connectivity index (χ3v) is 4.54. The number of rotatable bonds is 7. The molecule has 0 aromatic carbocycles. The molecule has 7 nitrogen and oxygen atoms in total. The number of aliphatic hydroxyl groups excluding tert-OH is 1. The van der Waals surface area contributed by atoms with Crippen molar-refractivity contribution in [2.75, 3.05) is 32.3 Å². The van der Waals surface area contributed by atoms with Gasteiger partial charge in [-0.2, -0.15) is 0 Å². The van der Waals surface area contributed by atoms with Gasteiger partial charge in [0.05, 0.1) is 31.0 Å². The number of methoxy groups -OCH3 is 1. The molecule has 4 N–H and O–H groups in total. The van der Waals surface area contributed by atoms with Crippen LogP contribution in [0.25, 0.3) is 11.0 Å². The summed E-state index contributed by atoms with van der Waals surface area (Å²) in [6, 6.07) is 5.52. The van der Waals surface area contributed by atoms with Crippen LogP contribution in [0, 0.1) is 11.8 Å². The zero-order chi connectivity index (χ0) is 16.9. The summed E-state index contributed by atoms with van der Waals surface area (Å²) in [5.74, 6) is 1.11. The maximum atomic E-state index is 9.88. The van der Waals surface area contributed by atoms with Crippen molar-refractivity contribution in [3.63, 3.8) is 0 Å². The smallest absolute Gasteiger partial charge is 0.213 e. The van der Waals surface area contributed by atoms with Crippen molar-refractivity contribution in [2.24, 2.45) is 17.6 Å². The molecule has 0 saturated heterocycles. The van der Waals surface area contributed by atoms with E-state index in [1.807, 2.05) is 12.1 Å². The lowest BCUT2D eigenvalue weighted by atomic mass is 10.1. The molecule has 1 aliphatic rings. The van der Waals surface area contributed by atoms with E-state index in [0.29, 0.717) is 31.7 Å². The topological polar surface area (TPSA) is 103 Å². The second kappa shape index (κ2) is 7.74. The summed E-state index contributed by atoms with van der Waals surface area (Å²) in [5, 5.41) is 13.1. The van der Waals surface area contributed by atoms with Crippen molar-refractivity contribution < 1.29 is 14.6 Å². The normalized spacial score (nSPS) is 23.5. The number of nitrogens with two attached hydrogens (primary N) is 1. The lowest BCUT2D eigenvalue weighted by molar-refractivity contribution is 0.104. The first-order chi connectivity index (χ1) is 11.7. The number of hydrogen-bond acceptors (Lipinski definition) is 7. The molecule has 2 heterocycles. The zero-order valence-corrected chi connectivity index (χ0v) is 13.8. The Balaban J connectivity index is 1.54. The highest BCUT2D eigenvalue weighted by Gasteiger charge is 2.31. The van der Waals surface area contributed by atoms with E-state index in [-0.39, 0.29) is 12.0 Å². The van der Waals surface area contributed by atoms with Crippen LogP contribution in [-0.2, 0) is 4.74 Å². The maximum absolute atomic E-state index is 9.88. The van der Waals surface area contributed by atoms with Gasteiger partial charge in [-0.25, -0.2) is 4.98 Å². The van der Waals surface area contributed by atoms with Crippen molar-refractivity contribution in [3.8, 4) is 5.88 Å². The van der Waals surface area contributed by atoms with Crippen molar-refractivity contribution >= 4 is 16.7 Å². The van der Waals surface area contributed by atoms with E-state index in [2.05, 4.69) is 15.3 Å². The summed E-state index contributed by atoms with van der Waals surface area (Å²) in [6.45, 7) is 1.52. The highest BCUT2D eigenvalue weighted by atomic mass is 16.5. The first-order valence-electron chi connectivity index (χ1n) is 8.20. The molecule has 7 heteroatoms. The predicted molar refractivity (Wildman–Crippen MR) is 91.8 cm³/mol. The zero-order valence-electron chi connectivity index (χ0n) is 13.8. The number of hydrogen-bond donors (Lipinski definition) is 3. The number of pyridine rings is 2. The fourth-order valence-electron chi connectivity index (χ4n) is 3.22. The third-order valence-electron chi connectivity index (χ3n) is 4.54. The molecule has 130 valence electrons. The Morgan fingerprint density at radius 1 is 1.33 bits per heavy atom. The molecule has 24 heavy (non-hydrogen) atoms. The second-order valence-corrected chi connectivity index (χ2v) is 6.17. The van der Waals surface area contributed by atoms with E-state index in [9.17, 15) is 5.11 Å². The quantitative estimate of drug-likeness (QED) is 0.520. The number of nitrogens with one attached hydrogen (secondary N) is 1. The molecule has 1 fully saturated rings. The Hall–Kier alpha value is -1.96. The van der Waals surface area contributed by atoms with E-state index in [0.717, 1.165) is 29.6 Å². The molecule has 2 aromatic heterocycles. The number of aliphatic hydroxyl groups is 1. The molecular formula is C17H24N4O3. The van der Waals surface area contributed by atoms with Gasteiger partial charge in [0.2, 0.25) is 5.88 Å². The summed E-state index contributed by atoms with van der Waals surface area (Å²) in [4.78, 5) is 8.73. The number of nitrogens with zero attached hydrogens (tertiary/aromatic N) is 2. The molecule has 0 radical (unpaired) electrons. The summed E-state index contributed by atoms with van der Waals surface area (Å²) in [6.07, 6.45) is 3.13. The predicted octanol–water partition coefficient (Wildman–Crippen LogP) is 1.37. The minimum Gasteiger partial charge on any atom is -0.481 e. The van der Waals surface area contributed by atoms with Crippen molar-refractivity contribution in [3.05, 3.63) is 24.4 Å². The van der Waals surface area contributed by atoms with Crippen LogP contribution < -0.4 is 15.8 Å². The van der Waals surface area contributed by atoms with Crippen LogP contribution in [0.3, 0.4) is 0 Å². The van der Waals surface area contributed by atoms with E-state index in [1.54, 1.807) is 19.4 Å². The molecule has 3 atom stereocenters. The summed E-state index contributed by atoms with van der Waals surface area (Å²) < 4.78 is 10.9. The maximum Gasteiger partial charge on any atom is 0.213 e. The molecule has 3 rings (SSSR count). The molecule has 1 aliphatic carbocycles. The lowest BCUT2D eigenvalue weighted by Crippen LogP contribution is -2.21. The minimum absolute atomic E-state index is 0.201. The van der Waals surface area contributed by atoms with Gasteiger partial charge in [-0.05, 0) is 43.4 Å². The monoisotopic (exact) mass is 332 g/mol. The molecule has 0 unspecified atom stereocenters. The Morgan fingerprint density at radius 2 is 2.21 bits per heavy atom. The van der Waals surface area contributed by atoms with Gasteiger partial charge < -0.3 is 25.6 Å². The van der Waals surface area contributed by atoms with Crippen LogP contribution in [0.4, 0.5) is 5.69 Å². The molecular weight excluding hydrogens is 308 g/mol. The number of anilines is 1. The van der Waals surface area contributed by atoms with Crippen LogP contribution in [0.5, 0.6) is 5.88 Å². The lowest BCUT2D eigenvalue weighted by Gasteiger charge is -2.13. The molecule has 1 saturated carbocycles. The number of ether oxygens (including phenoxy) is 2. The highest BCUT2D eigenvalue weighted by Crippen LogP contribution is 2.30. The van der Waals surface area contributed by atoms with Gasteiger partial charge >= 0.3 is 0 Å². The average molecular weight is 332 g/mol. The summed E-state index contributed by atoms with van der Waals surface area (Å²) >= 11 is 0. The summed E-state index contributed by atoms with van der Waals surface area (Å²) in [7, 11) is 1.59. The van der Waals surface area contributed by atoms with E-state index in [4.69, 9.17) is 15.2 Å². The van der Waals surface area contributed by atoms with Crippen LogP contribution in [0.2, 0.25) is 0 Å². The van der Waals surface area contributed by atoms with E-state index in [1.165, 1.54) is 0 Å². The number of aromatic nitrogens is 2. The van der Waals surface area contributed by atoms with Crippen molar-refractivity contribution in [2.45, 2.75) is 18.9 Å². The van der Waals surface area contributed by atoms with Gasteiger partial charge in [-0.15, -0.1) is 0 Å². The van der Waals surface area contributed by atoms with Gasteiger partial charge in [-0.3, -0.25) is 4.98 Å². The van der Waals surface area contributed by atoms with Crippen molar-refractivity contribution in [1.29, 1.82) is 0 Å². The van der Waals surface area contributed by atoms with E-state index >= 15 is 0 Å². The molecule has 0 spiro atoms. The van der Waals surface area contributed by atoms with Crippen molar-refractivity contribution in [1.82, 2.24) is 9.97 Å². The Kier molecular flexibility index (Phi) is 5.44. The Bertz CT molecular complexity index is 682. The van der Waals surface area contributed by atoms with Gasteiger partial charge in [0.1, 0.15) is 12.2 Å². The van der Waals surface area contributed by atoms with Crippen LogP contribution in [-0.4, -0.2) is 48.2 Å². The Labute approximate surface area is 141 Å². The van der Waals surface area contributed by atoms with Gasteiger partial charge in [0, 0.05) is 12.3 Å². The van der Waals surface area contributed by atoms with E-state index < -0.39 is 0 Å². The third kappa shape index (κ3) is 3.75. The van der Waals surface area contributed by atoms with Crippen LogP contribution in [0.1, 0.15) is 12.8 Å². The highest BCUT2D eigenvalue weighted by molar-refractivity contribution is 5.87. The first-order valence-corrected chi connectivity index (χ1v) is 8.20. The van der Waals surface area contributed by atoms with Gasteiger partial charge in [-0.1, -0.05) is 0 Å². The SMILES string of the molecule is COc1ccc2nccc(NCOC[C@H]3C[C@H](CN)[C@H](O)C3)c2n1. The van der Waals surface area contributed by atoms with Gasteiger partial charge in [0.15, 0.2) is 0 Å². The molecule has 2 aromatic rings. The molecule has 0 amide bonds. The molecule has 0 aliphatic heterocycles. The fraction of sp³-hybridized carbons (Fsp3) is 0.529. The van der Waals surface area contributed by atoms with Crippen LogP contribution in [0.15, 0.2) is 24.4 Å². The van der Waals surface area contributed by atoms with Crippen LogP contribution >= 0.6 is 0 Å². The number of fused-ring (bicyclic) bond motifs is 1. The van der Waals surface area contributed by atoms with Gasteiger partial charge in [0.25, 0.3) is 0 Å².